The number of hydrogen-bond donors (Lipinski definition) is 1. The molecule has 0 aliphatic heterocycles. The van der Waals surface area contributed by atoms with Crippen LogP contribution in [0.1, 0.15) is 27.7 Å². The van der Waals surface area contributed by atoms with Crippen LogP contribution in [0.25, 0.3) is 5.82 Å². The van der Waals surface area contributed by atoms with Crippen molar-refractivity contribution in [2.75, 3.05) is 12.4 Å². The molecule has 3 heterocycles. The summed E-state index contributed by atoms with van der Waals surface area (Å²) in [4.78, 5) is 29.5. The Bertz CT molecular complexity index is 899. The van der Waals surface area contributed by atoms with Crippen LogP contribution < -0.4 is 10.1 Å². The Morgan fingerprint density at radius 2 is 1.84 bits per heavy atom. The highest BCUT2D eigenvalue weighted by Crippen LogP contribution is 2.20. The topological polar surface area (TPSA) is 108 Å². The molecule has 3 aromatic rings. The van der Waals surface area contributed by atoms with Gasteiger partial charge in [-0.15, -0.1) is 0 Å². The van der Waals surface area contributed by atoms with Gasteiger partial charge in [-0.2, -0.15) is 15.1 Å². The van der Waals surface area contributed by atoms with Gasteiger partial charge in [0.1, 0.15) is 11.5 Å². The van der Waals surface area contributed by atoms with E-state index < -0.39 is 0 Å². The number of aromatic nitrogens is 6. The van der Waals surface area contributed by atoms with Crippen molar-refractivity contribution in [3.05, 3.63) is 47.4 Å². The standard InChI is InChI=1S/C16H17N7O2/c1-9-14(10(2)19-16(18-9)25-4)22-15(24)12-8-13(21-11(3)20-12)23-7-5-6-17-23/h5-8H,1-4H3,(H,22,24). The van der Waals surface area contributed by atoms with Crippen LogP contribution >= 0.6 is 0 Å². The van der Waals surface area contributed by atoms with E-state index in [1.807, 2.05) is 0 Å². The van der Waals surface area contributed by atoms with Crippen molar-refractivity contribution in [1.82, 2.24) is 29.7 Å². The zero-order valence-corrected chi connectivity index (χ0v) is 14.3. The quantitative estimate of drug-likeness (QED) is 0.769. The van der Waals surface area contributed by atoms with Gasteiger partial charge in [-0.05, 0) is 26.8 Å². The molecule has 1 N–H and O–H groups in total. The van der Waals surface area contributed by atoms with E-state index in [-0.39, 0.29) is 17.6 Å². The first-order valence-corrected chi connectivity index (χ1v) is 7.54. The predicted octanol–water partition coefficient (Wildman–Crippen LogP) is 1.64. The van der Waals surface area contributed by atoms with Crippen molar-refractivity contribution in [3.63, 3.8) is 0 Å². The fraction of sp³-hybridized carbons (Fsp3) is 0.250. The van der Waals surface area contributed by atoms with Gasteiger partial charge >= 0.3 is 6.01 Å². The Labute approximate surface area is 144 Å². The molecule has 0 atom stereocenters. The van der Waals surface area contributed by atoms with E-state index >= 15 is 0 Å². The number of nitrogens with zero attached hydrogens (tertiary/aromatic N) is 6. The van der Waals surface area contributed by atoms with Crippen LogP contribution in [0.4, 0.5) is 5.69 Å². The predicted molar refractivity (Wildman–Crippen MR) is 89.9 cm³/mol. The molecule has 0 fully saturated rings. The minimum Gasteiger partial charge on any atom is -0.467 e. The molecule has 3 rings (SSSR count). The van der Waals surface area contributed by atoms with Crippen LogP contribution in [0.5, 0.6) is 6.01 Å². The number of methoxy groups -OCH3 is 1. The maximum atomic E-state index is 12.6. The molecule has 0 saturated heterocycles. The fourth-order valence-corrected chi connectivity index (χ4v) is 2.33. The second-order valence-corrected chi connectivity index (χ2v) is 5.32. The average molecular weight is 339 g/mol. The van der Waals surface area contributed by atoms with Crippen LogP contribution in [0.3, 0.4) is 0 Å². The summed E-state index contributed by atoms with van der Waals surface area (Å²) in [6.07, 6.45) is 3.38. The summed E-state index contributed by atoms with van der Waals surface area (Å²) in [5, 5.41) is 6.93. The number of carbonyl (C=O) groups is 1. The lowest BCUT2D eigenvalue weighted by Crippen LogP contribution is -2.18. The van der Waals surface area contributed by atoms with Crippen molar-refractivity contribution in [3.8, 4) is 11.8 Å². The van der Waals surface area contributed by atoms with Crippen LogP contribution in [-0.4, -0.2) is 42.7 Å². The lowest BCUT2D eigenvalue weighted by Gasteiger charge is -2.12. The molecule has 9 nitrogen and oxygen atoms in total. The molecule has 128 valence electrons. The second kappa shape index (κ2) is 6.63. The van der Waals surface area contributed by atoms with E-state index in [0.29, 0.717) is 28.7 Å². The Balaban J connectivity index is 1.92. The summed E-state index contributed by atoms with van der Waals surface area (Å²) < 4.78 is 6.60. The Morgan fingerprint density at radius 1 is 1.12 bits per heavy atom. The van der Waals surface area contributed by atoms with Gasteiger partial charge in [-0.1, -0.05) is 0 Å². The number of anilines is 1. The van der Waals surface area contributed by atoms with Crippen molar-refractivity contribution >= 4 is 11.6 Å². The highest BCUT2D eigenvalue weighted by atomic mass is 16.5. The third-order valence-electron chi connectivity index (χ3n) is 3.47. The van der Waals surface area contributed by atoms with Crippen molar-refractivity contribution in [2.24, 2.45) is 0 Å². The van der Waals surface area contributed by atoms with E-state index in [4.69, 9.17) is 4.74 Å². The van der Waals surface area contributed by atoms with Gasteiger partial charge in [0.15, 0.2) is 5.82 Å². The van der Waals surface area contributed by atoms with Crippen LogP contribution in [0.15, 0.2) is 24.5 Å². The summed E-state index contributed by atoms with van der Waals surface area (Å²) >= 11 is 0. The molecular formula is C16H17N7O2. The number of aryl methyl sites for hydroxylation is 3. The van der Waals surface area contributed by atoms with Gasteiger partial charge in [-0.25, -0.2) is 14.6 Å². The van der Waals surface area contributed by atoms with Gasteiger partial charge in [0.25, 0.3) is 5.91 Å². The first kappa shape index (κ1) is 16.5. The largest absolute Gasteiger partial charge is 0.467 e. The zero-order valence-electron chi connectivity index (χ0n) is 14.3. The highest BCUT2D eigenvalue weighted by molar-refractivity contribution is 6.03. The fourth-order valence-electron chi connectivity index (χ4n) is 2.33. The number of ether oxygens (including phenoxy) is 1. The average Bonchev–Trinajstić information content (AvgIpc) is 3.11. The lowest BCUT2D eigenvalue weighted by atomic mass is 10.2. The maximum Gasteiger partial charge on any atom is 0.316 e. The first-order valence-electron chi connectivity index (χ1n) is 7.54. The summed E-state index contributed by atoms with van der Waals surface area (Å²) in [5.74, 6) is 0.610. The first-order chi connectivity index (χ1) is 12.0. The smallest absolute Gasteiger partial charge is 0.316 e. The van der Waals surface area contributed by atoms with Crippen LogP contribution in [0.2, 0.25) is 0 Å². The Kier molecular flexibility index (Phi) is 4.38. The molecule has 0 aliphatic carbocycles. The molecule has 9 heteroatoms. The molecule has 0 unspecified atom stereocenters. The molecule has 0 aliphatic rings. The monoisotopic (exact) mass is 339 g/mol. The molecule has 3 aromatic heterocycles. The number of amides is 1. The second-order valence-electron chi connectivity index (χ2n) is 5.32. The summed E-state index contributed by atoms with van der Waals surface area (Å²) in [6.45, 7) is 5.26. The molecule has 0 spiro atoms. The number of hydrogen-bond acceptors (Lipinski definition) is 7. The van der Waals surface area contributed by atoms with Crippen molar-refractivity contribution in [1.29, 1.82) is 0 Å². The molecular weight excluding hydrogens is 322 g/mol. The third-order valence-corrected chi connectivity index (χ3v) is 3.47. The normalized spacial score (nSPS) is 10.6. The minimum absolute atomic E-state index is 0.229. The Hall–Kier alpha value is -3.36. The molecule has 0 bridgehead atoms. The Morgan fingerprint density at radius 3 is 2.44 bits per heavy atom. The third kappa shape index (κ3) is 3.44. The van der Waals surface area contributed by atoms with Gasteiger partial charge in [-0.3, -0.25) is 4.79 Å². The molecule has 0 saturated carbocycles. The number of carbonyl (C=O) groups excluding carboxylic acids is 1. The molecule has 25 heavy (non-hydrogen) atoms. The number of nitrogens with one attached hydrogen (secondary N) is 1. The van der Waals surface area contributed by atoms with E-state index in [1.54, 1.807) is 50.0 Å². The summed E-state index contributed by atoms with van der Waals surface area (Å²) in [7, 11) is 1.49. The lowest BCUT2D eigenvalue weighted by molar-refractivity contribution is 0.102. The SMILES string of the molecule is COc1nc(C)c(NC(=O)c2cc(-n3cccn3)nc(C)n2)c(C)n1. The zero-order chi connectivity index (χ0) is 18.0. The van der Waals surface area contributed by atoms with E-state index in [0.717, 1.165) is 0 Å². The van der Waals surface area contributed by atoms with Crippen LogP contribution in [0, 0.1) is 20.8 Å². The molecule has 0 radical (unpaired) electrons. The minimum atomic E-state index is -0.376. The number of rotatable bonds is 4. The van der Waals surface area contributed by atoms with Crippen LogP contribution in [-0.2, 0) is 0 Å². The van der Waals surface area contributed by atoms with Crippen molar-refractivity contribution < 1.29 is 9.53 Å². The van der Waals surface area contributed by atoms with Gasteiger partial charge in [0, 0.05) is 18.5 Å². The molecule has 1 amide bonds. The maximum absolute atomic E-state index is 12.6. The van der Waals surface area contributed by atoms with E-state index in [2.05, 4.69) is 30.4 Å². The highest BCUT2D eigenvalue weighted by Gasteiger charge is 2.16. The van der Waals surface area contributed by atoms with Crippen molar-refractivity contribution in [2.45, 2.75) is 20.8 Å². The summed E-state index contributed by atoms with van der Waals surface area (Å²) in [5.41, 5.74) is 1.97. The molecule has 0 aromatic carbocycles. The van der Waals surface area contributed by atoms with Gasteiger partial charge < -0.3 is 10.1 Å². The summed E-state index contributed by atoms with van der Waals surface area (Å²) in [6, 6.07) is 3.61. The van der Waals surface area contributed by atoms with Gasteiger partial charge in [0.05, 0.1) is 24.2 Å². The van der Waals surface area contributed by atoms with E-state index in [1.165, 1.54) is 7.11 Å². The van der Waals surface area contributed by atoms with Gasteiger partial charge in [0.2, 0.25) is 0 Å². The van der Waals surface area contributed by atoms with E-state index in [9.17, 15) is 4.79 Å².